The zero-order chi connectivity index (χ0) is 13.1. The number of hydrogen-bond donors (Lipinski definition) is 2. The molecule has 0 aromatic carbocycles. The molecular weight excluding hydrogens is 216 g/mol. The number of amides is 1. The first-order chi connectivity index (χ1) is 7.96. The molecule has 5 heteroatoms. The number of carbonyl (C=O) groups excluding carboxylic acids is 1. The second-order valence-corrected chi connectivity index (χ2v) is 4.33. The lowest BCUT2D eigenvalue weighted by Crippen LogP contribution is -2.50. The molecule has 1 heterocycles. The van der Waals surface area contributed by atoms with E-state index in [-0.39, 0.29) is 5.91 Å². The van der Waals surface area contributed by atoms with E-state index >= 15 is 0 Å². The summed E-state index contributed by atoms with van der Waals surface area (Å²) in [7, 11) is 1.84. The van der Waals surface area contributed by atoms with E-state index < -0.39 is 5.54 Å². The summed E-state index contributed by atoms with van der Waals surface area (Å²) < 4.78 is 1.70. The molecule has 0 saturated carbocycles. The summed E-state index contributed by atoms with van der Waals surface area (Å²) in [6, 6.07) is 0. The van der Waals surface area contributed by atoms with Crippen molar-refractivity contribution in [3.8, 4) is 0 Å². The minimum Gasteiger partial charge on any atom is -0.322 e. The van der Waals surface area contributed by atoms with E-state index in [0.29, 0.717) is 12.8 Å². The highest BCUT2D eigenvalue weighted by molar-refractivity contribution is 5.98. The summed E-state index contributed by atoms with van der Waals surface area (Å²) in [5.74, 6) is -0.134. The van der Waals surface area contributed by atoms with E-state index in [1.807, 2.05) is 34.0 Å². The van der Waals surface area contributed by atoms with Gasteiger partial charge in [-0.1, -0.05) is 20.8 Å². The van der Waals surface area contributed by atoms with Gasteiger partial charge in [-0.05, 0) is 19.3 Å². The van der Waals surface area contributed by atoms with Crippen LogP contribution in [-0.2, 0) is 18.3 Å². The maximum Gasteiger partial charge on any atom is 0.244 e. The number of aromatic nitrogens is 2. The van der Waals surface area contributed by atoms with Crippen LogP contribution in [0.2, 0.25) is 0 Å². The second-order valence-electron chi connectivity index (χ2n) is 4.33. The monoisotopic (exact) mass is 238 g/mol. The summed E-state index contributed by atoms with van der Waals surface area (Å²) in [4.78, 5) is 12.1. The third-order valence-electron chi connectivity index (χ3n) is 3.20. The molecule has 0 aliphatic heterocycles. The van der Waals surface area contributed by atoms with Crippen molar-refractivity contribution < 1.29 is 4.79 Å². The first-order valence-electron chi connectivity index (χ1n) is 6.09. The first-order valence-corrected chi connectivity index (χ1v) is 6.09. The van der Waals surface area contributed by atoms with Crippen molar-refractivity contribution in [3.05, 3.63) is 11.9 Å². The van der Waals surface area contributed by atoms with Crippen molar-refractivity contribution in [2.75, 3.05) is 5.32 Å². The van der Waals surface area contributed by atoms with Gasteiger partial charge in [0.15, 0.2) is 0 Å². The smallest absolute Gasteiger partial charge is 0.244 e. The van der Waals surface area contributed by atoms with E-state index in [1.54, 1.807) is 4.68 Å². The third kappa shape index (κ3) is 2.85. The first kappa shape index (κ1) is 13.7. The average molecular weight is 238 g/mol. The Morgan fingerprint density at radius 3 is 2.53 bits per heavy atom. The molecule has 0 aliphatic carbocycles. The number of carbonyl (C=O) groups is 1. The molecule has 1 aromatic rings. The standard InChI is InChI=1S/C12H22N4O/c1-5-9-10(8-16(4)15-9)14-11(17)12(13,6-2)7-3/h8H,5-7,13H2,1-4H3,(H,14,17). The molecule has 0 atom stereocenters. The number of anilines is 1. The van der Waals surface area contributed by atoms with Gasteiger partial charge < -0.3 is 11.1 Å². The quantitative estimate of drug-likeness (QED) is 0.815. The normalized spacial score (nSPS) is 11.6. The van der Waals surface area contributed by atoms with E-state index in [9.17, 15) is 4.79 Å². The molecule has 1 aromatic heterocycles. The van der Waals surface area contributed by atoms with Crippen molar-refractivity contribution in [2.24, 2.45) is 12.8 Å². The van der Waals surface area contributed by atoms with Gasteiger partial charge in [0, 0.05) is 13.2 Å². The molecule has 0 bridgehead atoms. The van der Waals surface area contributed by atoms with Crippen molar-refractivity contribution in [1.29, 1.82) is 0 Å². The Morgan fingerprint density at radius 1 is 1.47 bits per heavy atom. The van der Waals surface area contributed by atoms with E-state index in [0.717, 1.165) is 17.8 Å². The molecule has 1 rings (SSSR count). The van der Waals surface area contributed by atoms with Gasteiger partial charge in [-0.2, -0.15) is 5.10 Å². The van der Waals surface area contributed by atoms with Crippen LogP contribution in [0.3, 0.4) is 0 Å². The zero-order valence-electron chi connectivity index (χ0n) is 11.1. The molecule has 0 aliphatic rings. The molecule has 0 saturated heterocycles. The Hall–Kier alpha value is -1.36. The van der Waals surface area contributed by atoms with Gasteiger partial charge in [-0.25, -0.2) is 0 Å². The number of nitrogens with two attached hydrogens (primary N) is 1. The minimum atomic E-state index is -0.791. The molecule has 0 unspecified atom stereocenters. The fourth-order valence-corrected chi connectivity index (χ4v) is 1.72. The van der Waals surface area contributed by atoms with Crippen LogP contribution in [0.4, 0.5) is 5.69 Å². The fourth-order valence-electron chi connectivity index (χ4n) is 1.72. The SMILES string of the molecule is CCc1nn(C)cc1NC(=O)C(N)(CC)CC. The molecule has 5 nitrogen and oxygen atoms in total. The second kappa shape index (κ2) is 5.31. The molecule has 1 amide bonds. The topological polar surface area (TPSA) is 72.9 Å². The Balaban J connectivity index is 2.87. The van der Waals surface area contributed by atoms with Crippen LogP contribution in [0.25, 0.3) is 0 Å². The molecule has 3 N–H and O–H groups in total. The van der Waals surface area contributed by atoms with Crippen molar-refractivity contribution >= 4 is 11.6 Å². The number of rotatable bonds is 5. The fraction of sp³-hybridized carbons (Fsp3) is 0.667. The highest BCUT2D eigenvalue weighted by Crippen LogP contribution is 2.18. The Kier molecular flexibility index (Phi) is 4.28. The van der Waals surface area contributed by atoms with Gasteiger partial charge >= 0.3 is 0 Å². The third-order valence-corrected chi connectivity index (χ3v) is 3.20. The molecule has 17 heavy (non-hydrogen) atoms. The highest BCUT2D eigenvalue weighted by atomic mass is 16.2. The summed E-state index contributed by atoms with van der Waals surface area (Å²) in [5.41, 5.74) is 6.90. The van der Waals surface area contributed by atoms with Crippen molar-refractivity contribution in [1.82, 2.24) is 9.78 Å². The number of nitrogens with one attached hydrogen (secondary N) is 1. The predicted octanol–water partition coefficient (Wildman–Crippen LogP) is 1.44. The van der Waals surface area contributed by atoms with Gasteiger partial charge in [0.1, 0.15) is 0 Å². The van der Waals surface area contributed by atoms with Crippen LogP contribution in [0.1, 0.15) is 39.3 Å². The summed E-state index contributed by atoms with van der Waals surface area (Å²) in [5, 5.41) is 7.15. The lowest BCUT2D eigenvalue weighted by atomic mass is 9.93. The maximum absolute atomic E-state index is 12.1. The lowest BCUT2D eigenvalue weighted by Gasteiger charge is -2.24. The average Bonchev–Trinajstić information content (AvgIpc) is 2.68. The Labute approximate surface area is 102 Å². The Morgan fingerprint density at radius 2 is 2.06 bits per heavy atom. The summed E-state index contributed by atoms with van der Waals surface area (Å²) in [6.45, 7) is 5.85. The summed E-state index contributed by atoms with van der Waals surface area (Å²) in [6.07, 6.45) is 3.84. The maximum atomic E-state index is 12.1. The molecule has 0 fully saturated rings. The zero-order valence-corrected chi connectivity index (χ0v) is 11.1. The molecule has 0 spiro atoms. The van der Waals surface area contributed by atoms with Gasteiger partial charge in [-0.15, -0.1) is 0 Å². The molecule has 96 valence electrons. The van der Waals surface area contributed by atoms with Gasteiger partial charge in [0.05, 0.1) is 16.9 Å². The van der Waals surface area contributed by atoms with Gasteiger partial charge in [0.25, 0.3) is 0 Å². The van der Waals surface area contributed by atoms with Gasteiger partial charge in [-0.3, -0.25) is 9.48 Å². The van der Waals surface area contributed by atoms with Crippen LogP contribution in [0.15, 0.2) is 6.20 Å². The predicted molar refractivity (Wildman–Crippen MR) is 68.7 cm³/mol. The summed E-state index contributed by atoms with van der Waals surface area (Å²) >= 11 is 0. The van der Waals surface area contributed by atoms with Crippen LogP contribution >= 0.6 is 0 Å². The van der Waals surface area contributed by atoms with E-state index in [4.69, 9.17) is 5.73 Å². The number of nitrogens with zero attached hydrogens (tertiary/aromatic N) is 2. The molecular formula is C12H22N4O. The lowest BCUT2D eigenvalue weighted by molar-refractivity contribution is -0.121. The van der Waals surface area contributed by atoms with E-state index in [2.05, 4.69) is 10.4 Å². The van der Waals surface area contributed by atoms with Gasteiger partial charge in [0.2, 0.25) is 5.91 Å². The molecule has 0 radical (unpaired) electrons. The van der Waals surface area contributed by atoms with Crippen LogP contribution in [0.5, 0.6) is 0 Å². The van der Waals surface area contributed by atoms with E-state index in [1.165, 1.54) is 0 Å². The van der Waals surface area contributed by atoms with Crippen molar-refractivity contribution in [3.63, 3.8) is 0 Å². The van der Waals surface area contributed by atoms with Crippen LogP contribution in [-0.4, -0.2) is 21.2 Å². The largest absolute Gasteiger partial charge is 0.322 e. The van der Waals surface area contributed by atoms with Crippen LogP contribution in [0, 0.1) is 0 Å². The Bertz CT molecular complexity index is 393. The van der Waals surface area contributed by atoms with Crippen molar-refractivity contribution in [2.45, 2.75) is 45.6 Å². The highest BCUT2D eigenvalue weighted by Gasteiger charge is 2.30. The number of hydrogen-bond acceptors (Lipinski definition) is 3. The minimum absolute atomic E-state index is 0.134. The van der Waals surface area contributed by atoms with Crippen LogP contribution < -0.4 is 11.1 Å². The number of aryl methyl sites for hydroxylation is 2.